The summed E-state index contributed by atoms with van der Waals surface area (Å²) in [7, 11) is 0. The second-order valence-corrected chi connectivity index (χ2v) is 8.32. The van der Waals surface area contributed by atoms with E-state index in [1.807, 2.05) is 0 Å². The fourth-order valence-corrected chi connectivity index (χ4v) is 4.52. The Balaban J connectivity index is 1.34. The first-order valence-electron chi connectivity index (χ1n) is 11.5. The van der Waals surface area contributed by atoms with Crippen molar-refractivity contribution in [2.45, 2.75) is 71.1 Å². The van der Waals surface area contributed by atoms with Gasteiger partial charge in [0.05, 0.1) is 0 Å². The number of nitrogens with one attached hydrogen (secondary N) is 2. The number of aromatic nitrogens is 3. The van der Waals surface area contributed by atoms with E-state index in [9.17, 15) is 0 Å². The van der Waals surface area contributed by atoms with Crippen molar-refractivity contribution < 1.29 is 0 Å². The molecule has 0 amide bonds. The summed E-state index contributed by atoms with van der Waals surface area (Å²) in [4.78, 5) is 7.40. The summed E-state index contributed by atoms with van der Waals surface area (Å²) in [5.74, 6) is 2.98. The maximum Gasteiger partial charge on any atom is 0.191 e. The van der Waals surface area contributed by atoms with Crippen LogP contribution in [0.4, 0.5) is 0 Å². The number of guanidine groups is 1. The molecule has 2 aliphatic heterocycles. The van der Waals surface area contributed by atoms with Crippen molar-refractivity contribution in [2.24, 2.45) is 4.99 Å². The third-order valence-corrected chi connectivity index (χ3v) is 6.14. The lowest BCUT2D eigenvalue weighted by Crippen LogP contribution is -2.44. The molecule has 0 radical (unpaired) electrons. The van der Waals surface area contributed by atoms with Crippen LogP contribution in [0.3, 0.4) is 0 Å². The van der Waals surface area contributed by atoms with Crippen LogP contribution in [0.1, 0.15) is 56.2 Å². The van der Waals surface area contributed by atoms with Crippen LogP contribution in [0.25, 0.3) is 0 Å². The molecule has 0 spiro atoms. The highest BCUT2D eigenvalue weighted by molar-refractivity contribution is 5.79. The normalized spacial score (nSPS) is 20.0. The van der Waals surface area contributed by atoms with E-state index in [1.54, 1.807) is 0 Å². The van der Waals surface area contributed by atoms with Crippen molar-refractivity contribution in [1.29, 1.82) is 0 Å². The summed E-state index contributed by atoms with van der Waals surface area (Å²) in [6, 6.07) is 11.3. The van der Waals surface area contributed by atoms with Gasteiger partial charge < -0.3 is 15.2 Å². The third-order valence-electron chi connectivity index (χ3n) is 6.14. The van der Waals surface area contributed by atoms with E-state index in [2.05, 4.69) is 67.6 Å². The molecule has 30 heavy (non-hydrogen) atoms. The number of aliphatic imine (C=N–C) groups is 1. The van der Waals surface area contributed by atoms with Crippen molar-refractivity contribution >= 4 is 5.96 Å². The molecule has 0 bridgehead atoms. The second kappa shape index (κ2) is 10.6. The average molecular weight is 410 g/mol. The minimum atomic E-state index is 0.540. The molecule has 7 nitrogen and oxygen atoms in total. The average Bonchev–Trinajstić information content (AvgIpc) is 3.30. The Kier molecular flexibility index (Phi) is 7.34. The lowest BCUT2D eigenvalue weighted by molar-refractivity contribution is 0.245. The molecule has 1 fully saturated rings. The quantitative estimate of drug-likeness (QED) is 0.544. The Morgan fingerprint density at radius 2 is 1.97 bits per heavy atom. The largest absolute Gasteiger partial charge is 0.357 e. The number of nitrogens with zero attached hydrogens (tertiary/aromatic N) is 5. The number of aryl methyl sites for hydroxylation is 1. The molecular formula is C23H35N7. The zero-order valence-corrected chi connectivity index (χ0v) is 18.2. The summed E-state index contributed by atoms with van der Waals surface area (Å²) in [5.41, 5.74) is 1.39. The molecule has 2 aliphatic rings. The lowest BCUT2D eigenvalue weighted by Gasteiger charge is -2.25. The van der Waals surface area contributed by atoms with Crippen LogP contribution in [0, 0.1) is 0 Å². The molecular weight excluding hydrogens is 374 g/mol. The standard InChI is InChI=1S/C23H35N7/c1-2-24-23(26-17-22-28-27-21-13-7-4-8-15-30(21)22)25-16-20-12-9-14-29(20)18-19-10-5-3-6-11-19/h3,5-6,10-11,20H,2,4,7-9,12-18H2,1H3,(H2,24,25,26). The van der Waals surface area contributed by atoms with Gasteiger partial charge in [0.2, 0.25) is 0 Å². The Labute approximate surface area is 180 Å². The number of benzene rings is 1. The molecule has 2 aromatic rings. The predicted molar refractivity (Wildman–Crippen MR) is 120 cm³/mol. The summed E-state index contributed by atoms with van der Waals surface area (Å²) in [6.07, 6.45) is 7.23. The zero-order chi connectivity index (χ0) is 20.6. The number of fused-ring (bicyclic) bond motifs is 1. The number of hydrogen-bond acceptors (Lipinski definition) is 4. The summed E-state index contributed by atoms with van der Waals surface area (Å²) < 4.78 is 2.28. The van der Waals surface area contributed by atoms with Crippen molar-refractivity contribution in [2.75, 3.05) is 19.6 Å². The van der Waals surface area contributed by atoms with Crippen LogP contribution in [-0.4, -0.2) is 51.3 Å². The van der Waals surface area contributed by atoms with Crippen molar-refractivity contribution in [1.82, 2.24) is 30.3 Å². The first-order valence-corrected chi connectivity index (χ1v) is 11.5. The Morgan fingerprint density at radius 1 is 1.07 bits per heavy atom. The van der Waals surface area contributed by atoms with E-state index < -0.39 is 0 Å². The van der Waals surface area contributed by atoms with Gasteiger partial charge in [-0.2, -0.15) is 0 Å². The predicted octanol–water partition coefficient (Wildman–Crippen LogP) is 2.72. The molecule has 1 atom stereocenters. The zero-order valence-electron chi connectivity index (χ0n) is 18.2. The number of hydrogen-bond donors (Lipinski definition) is 2. The van der Waals surface area contributed by atoms with E-state index in [4.69, 9.17) is 4.99 Å². The summed E-state index contributed by atoms with van der Waals surface area (Å²) in [5, 5.41) is 15.8. The molecule has 2 N–H and O–H groups in total. The lowest BCUT2D eigenvalue weighted by atomic mass is 10.2. The molecule has 7 heteroatoms. The number of rotatable bonds is 7. The SMILES string of the molecule is CCNC(=NCc1nnc2n1CCCCC2)NCC1CCCN1Cc1ccccc1. The first kappa shape index (κ1) is 20.8. The van der Waals surface area contributed by atoms with Crippen molar-refractivity contribution in [3.63, 3.8) is 0 Å². The van der Waals surface area contributed by atoms with E-state index >= 15 is 0 Å². The van der Waals surface area contributed by atoms with Gasteiger partial charge in [-0.05, 0) is 44.7 Å². The van der Waals surface area contributed by atoms with Gasteiger partial charge in [0.1, 0.15) is 12.4 Å². The Hall–Kier alpha value is -2.41. The molecule has 0 aliphatic carbocycles. The summed E-state index contributed by atoms with van der Waals surface area (Å²) >= 11 is 0. The van der Waals surface area contributed by atoms with Crippen LogP contribution < -0.4 is 10.6 Å². The van der Waals surface area contributed by atoms with E-state index in [0.29, 0.717) is 12.6 Å². The number of likely N-dealkylation sites (tertiary alicyclic amines) is 1. The summed E-state index contributed by atoms with van der Waals surface area (Å²) in [6.45, 7) is 7.65. The molecule has 1 unspecified atom stereocenters. The van der Waals surface area contributed by atoms with Crippen LogP contribution >= 0.6 is 0 Å². The van der Waals surface area contributed by atoms with Gasteiger partial charge in [0.25, 0.3) is 0 Å². The monoisotopic (exact) mass is 409 g/mol. The molecule has 1 saturated heterocycles. The van der Waals surface area contributed by atoms with E-state index in [-0.39, 0.29) is 0 Å². The second-order valence-electron chi connectivity index (χ2n) is 8.32. The molecule has 4 rings (SSSR count). The van der Waals surface area contributed by atoms with Gasteiger partial charge in [-0.1, -0.05) is 36.8 Å². The highest BCUT2D eigenvalue weighted by Gasteiger charge is 2.24. The van der Waals surface area contributed by atoms with Gasteiger partial charge in [0, 0.05) is 38.6 Å². The molecule has 1 aromatic heterocycles. The van der Waals surface area contributed by atoms with Gasteiger partial charge in [-0.15, -0.1) is 10.2 Å². The van der Waals surface area contributed by atoms with Crippen LogP contribution in [0.5, 0.6) is 0 Å². The fraction of sp³-hybridized carbons (Fsp3) is 0.609. The van der Waals surface area contributed by atoms with Crippen LogP contribution in [-0.2, 0) is 26.1 Å². The maximum atomic E-state index is 4.82. The maximum absolute atomic E-state index is 4.82. The third kappa shape index (κ3) is 5.39. The highest BCUT2D eigenvalue weighted by atomic mass is 15.3. The van der Waals surface area contributed by atoms with Crippen LogP contribution in [0.15, 0.2) is 35.3 Å². The van der Waals surface area contributed by atoms with E-state index in [0.717, 1.165) is 50.2 Å². The molecule has 162 valence electrons. The molecule has 1 aromatic carbocycles. The minimum Gasteiger partial charge on any atom is -0.357 e. The van der Waals surface area contributed by atoms with Gasteiger partial charge in [0.15, 0.2) is 11.8 Å². The van der Waals surface area contributed by atoms with Crippen molar-refractivity contribution in [3.05, 3.63) is 47.5 Å². The van der Waals surface area contributed by atoms with Crippen molar-refractivity contribution in [3.8, 4) is 0 Å². The smallest absolute Gasteiger partial charge is 0.191 e. The Bertz CT molecular complexity index is 814. The van der Waals surface area contributed by atoms with Gasteiger partial charge in [-0.3, -0.25) is 4.90 Å². The topological polar surface area (TPSA) is 70.4 Å². The van der Waals surface area contributed by atoms with Gasteiger partial charge in [-0.25, -0.2) is 4.99 Å². The fourth-order valence-electron chi connectivity index (χ4n) is 4.52. The molecule has 3 heterocycles. The first-order chi connectivity index (χ1) is 14.8. The highest BCUT2D eigenvalue weighted by Crippen LogP contribution is 2.19. The minimum absolute atomic E-state index is 0.540. The van der Waals surface area contributed by atoms with E-state index in [1.165, 1.54) is 44.2 Å². The van der Waals surface area contributed by atoms with Gasteiger partial charge >= 0.3 is 0 Å². The van der Waals surface area contributed by atoms with Crippen LogP contribution in [0.2, 0.25) is 0 Å². The Morgan fingerprint density at radius 3 is 2.83 bits per heavy atom. The molecule has 0 saturated carbocycles.